The van der Waals surface area contributed by atoms with Crippen molar-refractivity contribution < 1.29 is 9.53 Å². The van der Waals surface area contributed by atoms with Crippen molar-refractivity contribution in [1.82, 2.24) is 4.98 Å². The van der Waals surface area contributed by atoms with Crippen LogP contribution >= 0.6 is 11.8 Å². The van der Waals surface area contributed by atoms with Gasteiger partial charge in [0.1, 0.15) is 16.9 Å². The summed E-state index contributed by atoms with van der Waals surface area (Å²) in [5.74, 6) is 0.472. The van der Waals surface area contributed by atoms with Gasteiger partial charge in [-0.25, -0.2) is 4.98 Å². The Hall–Kier alpha value is -2.56. The highest BCUT2D eigenvalue weighted by Gasteiger charge is 2.16. The van der Waals surface area contributed by atoms with E-state index in [9.17, 15) is 10.1 Å². The highest BCUT2D eigenvalue weighted by atomic mass is 32.2. The average Bonchev–Trinajstić information content (AvgIpc) is 2.59. The Morgan fingerprint density at radius 2 is 2.17 bits per heavy atom. The van der Waals surface area contributed by atoms with Crippen LogP contribution in [0.2, 0.25) is 0 Å². The van der Waals surface area contributed by atoms with Crippen LogP contribution in [0, 0.1) is 11.3 Å². The van der Waals surface area contributed by atoms with E-state index in [1.54, 1.807) is 19.2 Å². The van der Waals surface area contributed by atoms with Gasteiger partial charge in [0.2, 0.25) is 0 Å². The number of nitrogen functional groups attached to an aromatic ring is 1. The molecule has 6 nitrogen and oxygen atoms in total. The molecule has 0 saturated carbocycles. The molecule has 0 aliphatic rings. The predicted molar refractivity (Wildman–Crippen MR) is 95.0 cm³/mol. The largest absolute Gasteiger partial charge is 0.385 e. The van der Waals surface area contributed by atoms with Crippen LogP contribution in [-0.4, -0.2) is 30.4 Å². The van der Waals surface area contributed by atoms with Crippen LogP contribution in [-0.2, 0) is 4.74 Å². The zero-order valence-corrected chi connectivity index (χ0v) is 14.1. The Kier molecular flexibility index (Phi) is 6.61. The topological polar surface area (TPSA) is 101 Å². The predicted octanol–water partition coefficient (Wildman–Crippen LogP) is 2.92. The smallest absolute Gasteiger partial charge is 0.259 e. The molecule has 0 aliphatic heterocycles. The second kappa shape index (κ2) is 8.91. The van der Waals surface area contributed by atoms with E-state index in [0.29, 0.717) is 22.9 Å². The minimum atomic E-state index is -0.390. The van der Waals surface area contributed by atoms with Crippen LogP contribution in [0.4, 0.5) is 11.5 Å². The molecule has 0 radical (unpaired) electrons. The fraction of sp³-hybridized carbons (Fsp3) is 0.235. The SMILES string of the molecule is COCCCSc1nc(N)c(C(=O)Nc2ccccc2)cc1C#N. The third-order valence-corrected chi connectivity index (χ3v) is 4.22. The standard InChI is InChI=1S/C17H18N4O2S/c1-23-8-5-9-24-17-12(11-18)10-14(15(19)21-17)16(22)20-13-6-3-2-4-7-13/h2-4,6-7,10H,5,8-9H2,1H3,(H2,19,21)(H,20,22). The van der Waals surface area contributed by atoms with Crippen LogP contribution < -0.4 is 11.1 Å². The first-order valence-electron chi connectivity index (χ1n) is 7.34. The van der Waals surface area contributed by atoms with E-state index in [-0.39, 0.29) is 11.4 Å². The number of pyridine rings is 1. The van der Waals surface area contributed by atoms with Gasteiger partial charge in [0.15, 0.2) is 0 Å². The van der Waals surface area contributed by atoms with Gasteiger partial charge in [0.05, 0.1) is 11.1 Å². The lowest BCUT2D eigenvalue weighted by molar-refractivity contribution is 0.102. The van der Waals surface area contributed by atoms with E-state index in [0.717, 1.165) is 12.2 Å². The minimum Gasteiger partial charge on any atom is -0.385 e. The number of methoxy groups -OCH3 is 1. The molecule has 1 amide bonds. The Bertz CT molecular complexity index is 744. The number of hydrogen-bond acceptors (Lipinski definition) is 6. The number of nitriles is 1. The summed E-state index contributed by atoms with van der Waals surface area (Å²) >= 11 is 1.42. The van der Waals surface area contributed by atoms with Gasteiger partial charge in [-0.15, -0.1) is 11.8 Å². The number of nitrogens with one attached hydrogen (secondary N) is 1. The van der Waals surface area contributed by atoms with Crippen LogP contribution in [0.1, 0.15) is 22.3 Å². The summed E-state index contributed by atoms with van der Waals surface area (Å²) in [4.78, 5) is 16.6. The van der Waals surface area contributed by atoms with Gasteiger partial charge in [-0.05, 0) is 24.6 Å². The molecule has 0 unspecified atom stereocenters. The lowest BCUT2D eigenvalue weighted by Crippen LogP contribution is -2.15. The van der Waals surface area contributed by atoms with E-state index < -0.39 is 5.91 Å². The summed E-state index contributed by atoms with van der Waals surface area (Å²) < 4.78 is 4.99. The molecule has 0 bridgehead atoms. The van der Waals surface area contributed by atoms with Gasteiger partial charge in [-0.1, -0.05) is 18.2 Å². The molecule has 1 aromatic heterocycles. The minimum absolute atomic E-state index is 0.108. The van der Waals surface area contributed by atoms with E-state index in [1.807, 2.05) is 18.2 Å². The maximum atomic E-state index is 12.3. The van der Waals surface area contributed by atoms with Gasteiger partial charge in [-0.3, -0.25) is 4.79 Å². The zero-order chi connectivity index (χ0) is 17.4. The van der Waals surface area contributed by atoms with Crippen molar-refractivity contribution in [2.75, 3.05) is 30.5 Å². The molecule has 1 heterocycles. The van der Waals surface area contributed by atoms with Crippen molar-refractivity contribution in [3.63, 3.8) is 0 Å². The Labute approximate surface area is 145 Å². The molecule has 124 valence electrons. The van der Waals surface area contributed by atoms with Crippen molar-refractivity contribution >= 4 is 29.2 Å². The number of amides is 1. The fourth-order valence-corrected chi connectivity index (χ4v) is 2.85. The normalized spacial score (nSPS) is 10.2. The Morgan fingerprint density at radius 1 is 1.42 bits per heavy atom. The second-order valence-corrected chi connectivity index (χ2v) is 5.98. The highest BCUT2D eigenvalue weighted by molar-refractivity contribution is 7.99. The van der Waals surface area contributed by atoms with Crippen molar-refractivity contribution in [3.05, 3.63) is 47.5 Å². The monoisotopic (exact) mass is 342 g/mol. The van der Waals surface area contributed by atoms with Crippen LogP contribution in [0.3, 0.4) is 0 Å². The number of para-hydroxylation sites is 1. The second-order valence-electron chi connectivity index (χ2n) is 4.90. The number of benzene rings is 1. The van der Waals surface area contributed by atoms with E-state index in [1.165, 1.54) is 17.8 Å². The number of aromatic nitrogens is 1. The zero-order valence-electron chi connectivity index (χ0n) is 13.3. The molecule has 2 aromatic rings. The summed E-state index contributed by atoms with van der Waals surface area (Å²) in [6, 6.07) is 12.6. The summed E-state index contributed by atoms with van der Waals surface area (Å²) in [5, 5.41) is 12.6. The van der Waals surface area contributed by atoms with Gasteiger partial charge >= 0.3 is 0 Å². The molecule has 7 heteroatoms. The number of anilines is 2. The number of rotatable bonds is 7. The highest BCUT2D eigenvalue weighted by Crippen LogP contribution is 2.25. The summed E-state index contributed by atoms with van der Waals surface area (Å²) in [6.07, 6.45) is 0.837. The van der Waals surface area contributed by atoms with E-state index >= 15 is 0 Å². The molecular formula is C17H18N4O2S. The summed E-state index contributed by atoms with van der Waals surface area (Å²) in [6.45, 7) is 0.641. The molecule has 0 saturated heterocycles. The first-order chi connectivity index (χ1) is 11.7. The number of carbonyl (C=O) groups is 1. The number of hydrogen-bond donors (Lipinski definition) is 2. The van der Waals surface area contributed by atoms with Crippen LogP contribution in [0.5, 0.6) is 0 Å². The maximum Gasteiger partial charge on any atom is 0.259 e. The third-order valence-electron chi connectivity index (χ3n) is 3.15. The van der Waals surface area contributed by atoms with Crippen molar-refractivity contribution in [1.29, 1.82) is 5.26 Å². The molecule has 0 fully saturated rings. The molecule has 0 atom stereocenters. The van der Waals surface area contributed by atoms with Crippen molar-refractivity contribution in [3.8, 4) is 6.07 Å². The molecule has 24 heavy (non-hydrogen) atoms. The number of thioether (sulfide) groups is 1. The average molecular weight is 342 g/mol. The van der Waals surface area contributed by atoms with Crippen molar-refractivity contribution in [2.24, 2.45) is 0 Å². The number of nitrogens with two attached hydrogens (primary N) is 1. The van der Waals surface area contributed by atoms with Gasteiger partial charge in [0, 0.05) is 25.2 Å². The molecular weight excluding hydrogens is 324 g/mol. The van der Waals surface area contributed by atoms with E-state index in [2.05, 4.69) is 16.4 Å². The van der Waals surface area contributed by atoms with Gasteiger partial charge < -0.3 is 15.8 Å². The lowest BCUT2D eigenvalue weighted by Gasteiger charge is -2.10. The third kappa shape index (κ3) is 4.72. The molecule has 1 aromatic carbocycles. The molecule has 3 N–H and O–H groups in total. The Balaban J connectivity index is 2.16. The molecule has 0 spiro atoms. The number of carbonyl (C=O) groups excluding carboxylic acids is 1. The first-order valence-corrected chi connectivity index (χ1v) is 8.33. The number of ether oxygens (including phenoxy) is 1. The van der Waals surface area contributed by atoms with Crippen LogP contribution in [0.15, 0.2) is 41.4 Å². The van der Waals surface area contributed by atoms with Crippen molar-refractivity contribution in [2.45, 2.75) is 11.4 Å². The van der Waals surface area contributed by atoms with E-state index in [4.69, 9.17) is 10.5 Å². The van der Waals surface area contributed by atoms with Gasteiger partial charge in [-0.2, -0.15) is 5.26 Å². The Morgan fingerprint density at radius 3 is 2.83 bits per heavy atom. The fourth-order valence-electron chi connectivity index (χ4n) is 1.97. The van der Waals surface area contributed by atoms with Gasteiger partial charge in [0.25, 0.3) is 5.91 Å². The lowest BCUT2D eigenvalue weighted by atomic mass is 10.2. The van der Waals surface area contributed by atoms with Crippen LogP contribution in [0.25, 0.3) is 0 Å². The summed E-state index contributed by atoms with van der Waals surface area (Å²) in [7, 11) is 1.64. The summed E-state index contributed by atoms with van der Waals surface area (Å²) in [5.41, 5.74) is 7.09. The maximum absolute atomic E-state index is 12.3. The quantitative estimate of drug-likeness (QED) is 0.592. The number of nitrogens with zero attached hydrogens (tertiary/aromatic N) is 2. The first kappa shape index (κ1) is 17.8. The molecule has 2 rings (SSSR count). The molecule has 0 aliphatic carbocycles.